The van der Waals surface area contributed by atoms with E-state index >= 15 is 0 Å². The molecular formula is C23H23N3O4. The minimum atomic E-state index is -0.564. The molecule has 0 saturated carbocycles. The van der Waals surface area contributed by atoms with E-state index < -0.39 is 18.5 Å². The first-order chi connectivity index (χ1) is 14.4. The van der Waals surface area contributed by atoms with E-state index in [4.69, 9.17) is 4.74 Å². The molecule has 0 radical (unpaired) electrons. The summed E-state index contributed by atoms with van der Waals surface area (Å²) in [5, 5.41) is 5.87. The first-order valence-corrected chi connectivity index (χ1v) is 9.62. The van der Waals surface area contributed by atoms with Crippen LogP contribution in [0.3, 0.4) is 0 Å². The Labute approximate surface area is 174 Å². The number of rotatable bonds is 6. The van der Waals surface area contributed by atoms with Crippen molar-refractivity contribution in [3.05, 3.63) is 70.9 Å². The van der Waals surface area contributed by atoms with Gasteiger partial charge in [0.25, 0.3) is 11.8 Å². The van der Waals surface area contributed by atoms with Crippen LogP contribution in [0.2, 0.25) is 0 Å². The van der Waals surface area contributed by atoms with Crippen molar-refractivity contribution in [1.82, 2.24) is 10.3 Å². The molecule has 1 aromatic heterocycles. The number of ether oxygens (including phenoxy) is 1. The Kier molecular flexibility index (Phi) is 6.41. The van der Waals surface area contributed by atoms with Crippen molar-refractivity contribution in [1.29, 1.82) is 0 Å². The highest BCUT2D eigenvalue weighted by Crippen LogP contribution is 2.24. The average Bonchev–Trinajstić information content (AvgIpc) is 2.77. The first-order valence-electron chi connectivity index (χ1n) is 9.62. The number of benzene rings is 2. The van der Waals surface area contributed by atoms with Gasteiger partial charge in [-0.2, -0.15) is 0 Å². The number of hydrogen-bond donors (Lipinski definition) is 2. The maximum Gasteiger partial charge on any atom is 0.339 e. The minimum Gasteiger partial charge on any atom is -0.452 e. The molecule has 3 aromatic rings. The summed E-state index contributed by atoms with van der Waals surface area (Å²) in [6.07, 6.45) is 0.684. The summed E-state index contributed by atoms with van der Waals surface area (Å²) in [4.78, 5) is 41.2. The number of hydrogen-bond acceptors (Lipinski definition) is 5. The molecule has 0 aliphatic carbocycles. The molecule has 0 saturated heterocycles. The Hall–Kier alpha value is -3.74. The van der Waals surface area contributed by atoms with E-state index in [2.05, 4.69) is 15.6 Å². The second-order valence-corrected chi connectivity index (χ2v) is 6.71. The lowest BCUT2D eigenvalue weighted by molar-refractivity contribution is -0.119. The third-order valence-electron chi connectivity index (χ3n) is 4.77. The van der Waals surface area contributed by atoms with E-state index in [1.165, 1.54) is 0 Å². The van der Waals surface area contributed by atoms with Crippen molar-refractivity contribution in [2.45, 2.75) is 20.3 Å². The third kappa shape index (κ3) is 4.46. The van der Waals surface area contributed by atoms with Crippen LogP contribution in [0.25, 0.3) is 10.9 Å². The maximum absolute atomic E-state index is 12.8. The number of carbonyl (C=O) groups is 3. The molecule has 0 atom stereocenters. The summed E-state index contributed by atoms with van der Waals surface area (Å²) in [6, 6.07) is 13.8. The molecular weight excluding hydrogens is 382 g/mol. The number of aryl methyl sites for hydroxylation is 1. The van der Waals surface area contributed by atoms with Gasteiger partial charge >= 0.3 is 5.97 Å². The van der Waals surface area contributed by atoms with Crippen LogP contribution in [0.15, 0.2) is 48.5 Å². The number of esters is 1. The molecule has 0 spiro atoms. The van der Waals surface area contributed by atoms with Crippen LogP contribution < -0.4 is 10.6 Å². The summed E-state index contributed by atoms with van der Waals surface area (Å²) in [5.74, 6) is -1.25. The van der Waals surface area contributed by atoms with Gasteiger partial charge in [0.15, 0.2) is 6.61 Å². The molecule has 3 rings (SSSR count). The number of carbonyl (C=O) groups excluding carboxylic acids is 3. The number of anilines is 1. The van der Waals surface area contributed by atoms with Gasteiger partial charge in [0.05, 0.1) is 11.1 Å². The summed E-state index contributed by atoms with van der Waals surface area (Å²) in [6.45, 7) is 3.39. The van der Waals surface area contributed by atoms with Gasteiger partial charge in [0.2, 0.25) is 0 Å². The molecule has 2 N–H and O–H groups in total. The van der Waals surface area contributed by atoms with Crippen LogP contribution in [0.5, 0.6) is 0 Å². The lowest BCUT2D eigenvalue weighted by Gasteiger charge is -2.13. The Morgan fingerprint density at radius 3 is 2.40 bits per heavy atom. The van der Waals surface area contributed by atoms with Gasteiger partial charge < -0.3 is 15.4 Å². The summed E-state index contributed by atoms with van der Waals surface area (Å²) in [5.41, 5.74) is 3.71. The average molecular weight is 405 g/mol. The zero-order valence-electron chi connectivity index (χ0n) is 17.1. The van der Waals surface area contributed by atoms with Crippen LogP contribution in [0, 0.1) is 6.92 Å². The number of fused-ring (bicyclic) bond motifs is 1. The monoisotopic (exact) mass is 405 g/mol. The smallest absolute Gasteiger partial charge is 0.339 e. The highest BCUT2D eigenvalue weighted by molar-refractivity contribution is 6.06. The van der Waals surface area contributed by atoms with Gasteiger partial charge in [-0.15, -0.1) is 0 Å². The number of para-hydroxylation sites is 1. The molecule has 7 heteroatoms. The van der Waals surface area contributed by atoms with E-state index in [1.54, 1.807) is 31.3 Å². The van der Waals surface area contributed by atoms with Crippen LogP contribution in [-0.2, 0) is 16.0 Å². The lowest BCUT2D eigenvalue weighted by atomic mass is 10.0. The fourth-order valence-corrected chi connectivity index (χ4v) is 3.21. The Morgan fingerprint density at radius 1 is 1.03 bits per heavy atom. The number of nitrogens with zero attached hydrogens (tertiary/aromatic N) is 1. The zero-order chi connectivity index (χ0) is 21.7. The molecule has 0 bridgehead atoms. The van der Waals surface area contributed by atoms with E-state index in [1.807, 2.05) is 38.1 Å². The van der Waals surface area contributed by atoms with Crippen molar-refractivity contribution in [3.8, 4) is 0 Å². The molecule has 30 heavy (non-hydrogen) atoms. The fourth-order valence-electron chi connectivity index (χ4n) is 3.21. The lowest BCUT2D eigenvalue weighted by Crippen LogP contribution is -2.22. The van der Waals surface area contributed by atoms with E-state index in [9.17, 15) is 14.4 Å². The molecule has 0 unspecified atom stereocenters. The van der Waals surface area contributed by atoms with Gasteiger partial charge in [-0.25, -0.2) is 4.79 Å². The quantitative estimate of drug-likeness (QED) is 0.614. The molecule has 0 aliphatic rings. The maximum atomic E-state index is 12.8. The summed E-state index contributed by atoms with van der Waals surface area (Å²) in [7, 11) is 1.55. The summed E-state index contributed by atoms with van der Waals surface area (Å²) >= 11 is 0. The SMILES string of the molecule is CCc1nc2ccccc2c(C(=O)OCC(=O)Nc2ccc(C(=O)NC)cc2)c1C. The van der Waals surface area contributed by atoms with Crippen molar-refractivity contribution >= 4 is 34.4 Å². The molecule has 2 amide bonds. The number of aromatic nitrogens is 1. The molecule has 1 heterocycles. The standard InChI is InChI=1S/C23H23N3O4/c1-4-18-14(2)21(17-7-5-6-8-19(17)26-18)23(29)30-13-20(27)25-16-11-9-15(10-12-16)22(28)24-3/h5-12H,4,13H2,1-3H3,(H,24,28)(H,25,27). The second kappa shape index (κ2) is 9.17. The topological polar surface area (TPSA) is 97.4 Å². The zero-order valence-corrected chi connectivity index (χ0v) is 17.1. The predicted molar refractivity (Wildman–Crippen MR) is 115 cm³/mol. The van der Waals surface area contributed by atoms with Crippen molar-refractivity contribution in [2.75, 3.05) is 19.0 Å². The van der Waals surface area contributed by atoms with Crippen LogP contribution in [0.1, 0.15) is 38.9 Å². The van der Waals surface area contributed by atoms with Crippen molar-refractivity contribution in [3.63, 3.8) is 0 Å². The van der Waals surface area contributed by atoms with E-state index in [0.29, 0.717) is 34.1 Å². The number of pyridine rings is 1. The number of nitrogens with one attached hydrogen (secondary N) is 2. The van der Waals surface area contributed by atoms with Crippen LogP contribution in [-0.4, -0.2) is 36.4 Å². The molecule has 0 aliphatic heterocycles. The molecule has 2 aromatic carbocycles. The van der Waals surface area contributed by atoms with Gasteiger partial charge in [-0.3, -0.25) is 14.6 Å². The van der Waals surface area contributed by atoms with E-state index in [-0.39, 0.29) is 5.91 Å². The Bertz CT molecular complexity index is 1110. The van der Waals surface area contributed by atoms with Gasteiger partial charge in [0.1, 0.15) is 0 Å². The van der Waals surface area contributed by atoms with Gasteiger partial charge in [0, 0.05) is 29.4 Å². The minimum absolute atomic E-state index is 0.215. The summed E-state index contributed by atoms with van der Waals surface area (Å²) < 4.78 is 5.29. The first kappa shape index (κ1) is 21.0. The normalized spacial score (nSPS) is 10.5. The highest BCUT2D eigenvalue weighted by Gasteiger charge is 2.19. The van der Waals surface area contributed by atoms with Crippen molar-refractivity contribution < 1.29 is 19.1 Å². The van der Waals surface area contributed by atoms with Gasteiger partial charge in [-0.1, -0.05) is 25.1 Å². The molecule has 154 valence electrons. The number of amides is 2. The second-order valence-electron chi connectivity index (χ2n) is 6.71. The highest BCUT2D eigenvalue weighted by atomic mass is 16.5. The molecule has 0 fully saturated rings. The van der Waals surface area contributed by atoms with Gasteiger partial charge in [-0.05, 0) is 49.2 Å². The van der Waals surface area contributed by atoms with Crippen molar-refractivity contribution in [2.24, 2.45) is 0 Å². The fraction of sp³-hybridized carbons (Fsp3) is 0.217. The predicted octanol–water partition coefficient (Wildman–Crippen LogP) is 3.26. The Morgan fingerprint density at radius 2 is 1.73 bits per heavy atom. The molecule has 7 nitrogen and oxygen atoms in total. The van der Waals surface area contributed by atoms with E-state index in [0.717, 1.165) is 11.3 Å². The van der Waals surface area contributed by atoms with Crippen LogP contribution in [0.4, 0.5) is 5.69 Å². The third-order valence-corrected chi connectivity index (χ3v) is 4.77. The Balaban J connectivity index is 1.70. The van der Waals surface area contributed by atoms with Crippen LogP contribution >= 0.6 is 0 Å². The largest absolute Gasteiger partial charge is 0.452 e.